The number of amides is 1. The number of hydrogen-bond acceptors (Lipinski definition) is 2. The Morgan fingerprint density at radius 2 is 2.05 bits per heavy atom. The molecule has 0 unspecified atom stereocenters. The number of alkyl halides is 3. The van der Waals surface area contributed by atoms with E-state index in [0.29, 0.717) is 12.5 Å². The summed E-state index contributed by atoms with van der Waals surface area (Å²) in [7, 11) is 0. The molecule has 7 heteroatoms. The number of halogens is 4. The summed E-state index contributed by atoms with van der Waals surface area (Å²) in [5, 5.41) is 5.18. The van der Waals surface area contributed by atoms with Gasteiger partial charge in [0.2, 0.25) is 5.91 Å². The smallest absolute Gasteiger partial charge is 0.376 e. The molecule has 1 aliphatic carbocycles. The zero-order valence-corrected chi connectivity index (χ0v) is 11.3. The lowest BCUT2D eigenvalue weighted by molar-refractivity contribution is -0.137. The van der Waals surface area contributed by atoms with Gasteiger partial charge < -0.3 is 10.6 Å². The average molecular weight is 307 g/mol. The Labute approximate surface area is 119 Å². The molecule has 1 saturated carbocycles. The molecule has 1 aromatic carbocycles. The van der Waals surface area contributed by atoms with Crippen LogP contribution in [0.15, 0.2) is 18.2 Å². The molecule has 20 heavy (non-hydrogen) atoms. The maximum Gasteiger partial charge on any atom is 0.418 e. The van der Waals surface area contributed by atoms with Crippen molar-refractivity contribution in [3.8, 4) is 0 Å². The van der Waals surface area contributed by atoms with Gasteiger partial charge in [0.15, 0.2) is 0 Å². The van der Waals surface area contributed by atoms with Crippen LogP contribution in [-0.4, -0.2) is 19.0 Å². The molecule has 0 atom stereocenters. The largest absolute Gasteiger partial charge is 0.418 e. The highest BCUT2D eigenvalue weighted by Gasteiger charge is 2.33. The number of benzene rings is 1. The number of nitrogens with one attached hydrogen (secondary N) is 2. The molecule has 0 aromatic heterocycles. The van der Waals surface area contributed by atoms with Crippen LogP contribution in [0.25, 0.3) is 0 Å². The minimum Gasteiger partial charge on any atom is -0.376 e. The maximum atomic E-state index is 12.8. The first kappa shape index (κ1) is 15.0. The Kier molecular flexibility index (Phi) is 4.42. The SMILES string of the molecule is O=C(CNc1ccc(Cl)cc1C(F)(F)F)NCC1CC1. The highest BCUT2D eigenvalue weighted by molar-refractivity contribution is 6.30. The third kappa shape index (κ3) is 4.30. The summed E-state index contributed by atoms with van der Waals surface area (Å²) in [5.74, 6) is 0.209. The molecule has 3 nitrogen and oxygen atoms in total. The molecule has 1 fully saturated rings. The summed E-state index contributed by atoms with van der Waals surface area (Å²) in [6.07, 6.45) is -2.32. The summed E-state index contributed by atoms with van der Waals surface area (Å²) in [5.41, 5.74) is -1.02. The number of anilines is 1. The van der Waals surface area contributed by atoms with Crippen LogP contribution in [0.1, 0.15) is 18.4 Å². The second kappa shape index (κ2) is 5.91. The zero-order chi connectivity index (χ0) is 14.8. The van der Waals surface area contributed by atoms with Gasteiger partial charge in [-0.15, -0.1) is 0 Å². The van der Waals surface area contributed by atoms with Crippen molar-refractivity contribution in [2.24, 2.45) is 5.92 Å². The van der Waals surface area contributed by atoms with Crippen LogP contribution >= 0.6 is 11.6 Å². The topological polar surface area (TPSA) is 41.1 Å². The second-order valence-corrected chi connectivity index (χ2v) is 5.23. The summed E-state index contributed by atoms with van der Waals surface area (Å²) in [6, 6.07) is 3.41. The average Bonchev–Trinajstić information content (AvgIpc) is 3.17. The van der Waals surface area contributed by atoms with Crippen LogP contribution < -0.4 is 10.6 Å². The third-order valence-corrected chi connectivity index (χ3v) is 3.25. The summed E-state index contributed by atoms with van der Waals surface area (Å²) in [6.45, 7) is 0.394. The van der Waals surface area contributed by atoms with Gasteiger partial charge in [0.25, 0.3) is 0 Å². The first-order valence-corrected chi connectivity index (χ1v) is 6.61. The molecular weight excluding hydrogens is 293 g/mol. The van der Waals surface area contributed by atoms with E-state index in [2.05, 4.69) is 10.6 Å². The van der Waals surface area contributed by atoms with Crippen molar-refractivity contribution in [3.63, 3.8) is 0 Å². The molecule has 0 heterocycles. The van der Waals surface area contributed by atoms with E-state index in [1.807, 2.05) is 0 Å². The van der Waals surface area contributed by atoms with E-state index in [4.69, 9.17) is 11.6 Å². The highest BCUT2D eigenvalue weighted by atomic mass is 35.5. The quantitative estimate of drug-likeness (QED) is 0.876. The van der Waals surface area contributed by atoms with E-state index in [-0.39, 0.29) is 23.2 Å². The van der Waals surface area contributed by atoms with Crippen molar-refractivity contribution in [3.05, 3.63) is 28.8 Å². The lowest BCUT2D eigenvalue weighted by Gasteiger charge is -2.14. The van der Waals surface area contributed by atoms with Crippen molar-refractivity contribution in [1.82, 2.24) is 5.32 Å². The zero-order valence-electron chi connectivity index (χ0n) is 10.6. The predicted molar refractivity (Wildman–Crippen MR) is 70.7 cm³/mol. The molecule has 0 bridgehead atoms. The Hall–Kier alpha value is -1.43. The Morgan fingerprint density at radius 3 is 2.65 bits per heavy atom. The van der Waals surface area contributed by atoms with Gasteiger partial charge in [0, 0.05) is 17.3 Å². The van der Waals surface area contributed by atoms with Gasteiger partial charge in [-0.05, 0) is 37.0 Å². The van der Waals surface area contributed by atoms with Gasteiger partial charge in [0.05, 0.1) is 12.1 Å². The standard InChI is InChI=1S/C13H14ClF3N2O/c14-9-3-4-11(10(5-9)13(15,16)17)18-7-12(20)19-6-8-1-2-8/h3-5,8,18H,1-2,6-7H2,(H,19,20). The Balaban J connectivity index is 1.95. The van der Waals surface area contributed by atoms with Crippen LogP contribution in [0.4, 0.5) is 18.9 Å². The van der Waals surface area contributed by atoms with E-state index >= 15 is 0 Å². The van der Waals surface area contributed by atoms with Crippen molar-refractivity contribution >= 4 is 23.2 Å². The summed E-state index contributed by atoms with van der Waals surface area (Å²) in [4.78, 5) is 11.5. The van der Waals surface area contributed by atoms with Gasteiger partial charge >= 0.3 is 6.18 Å². The molecule has 0 spiro atoms. The molecule has 2 rings (SSSR count). The van der Waals surface area contributed by atoms with Gasteiger partial charge in [-0.3, -0.25) is 4.79 Å². The van der Waals surface area contributed by atoms with Crippen molar-refractivity contribution < 1.29 is 18.0 Å². The highest BCUT2D eigenvalue weighted by Crippen LogP contribution is 2.36. The van der Waals surface area contributed by atoms with Crippen molar-refractivity contribution in [2.45, 2.75) is 19.0 Å². The maximum absolute atomic E-state index is 12.8. The van der Waals surface area contributed by atoms with E-state index in [0.717, 1.165) is 18.9 Å². The molecule has 0 radical (unpaired) electrons. The van der Waals surface area contributed by atoms with Gasteiger partial charge in [-0.1, -0.05) is 11.6 Å². The monoisotopic (exact) mass is 306 g/mol. The fraction of sp³-hybridized carbons (Fsp3) is 0.462. The Morgan fingerprint density at radius 1 is 1.35 bits per heavy atom. The molecule has 2 N–H and O–H groups in total. The minimum absolute atomic E-state index is 0.000981. The van der Waals surface area contributed by atoms with Gasteiger partial charge in [0.1, 0.15) is 0 Å². The molecule has 110 valence electrons. The summed E-state index contributed by atoms with van der Waals surface area (Å²) >= 11 is 5.57. The van der Waals surface area contributed by atoms with Crippen molar-refractivity contribution in [2.75, 3.05) is 18.4 Å². The normalized spacial score (nSPS) is 15.0. The van der Waals surface area contributed by atoms with Crippen molar-refractivity contribution in [1.29, 1.82) is 0 Å². The first-order valence-electron chi connectivity index (χ1n) is 6.23. The van der Waals surface area contributed by atoms with E-state index < -0.39 is 11.7 Å². The molecule has 1 amide bonds. The first-order chi connectivity index (χ1) is 9.36. The molecule has 0 saturated heterocycles. The third-order valence-electron chi connectivity index (χ3n) is 3.01. The minimum atomic E-state index is -4.52. The van der Waals surface area contributed by atoms with E-state index in [1.54, 1.807) is 0 Å². The number of carbonyl (C=O) groups is 1. The predicted octanol–water partition coefficient (Wildman–Crippen LogP) is 3.30. The lowest BCUT2D eigenvalue weighted by Crippen LogP contribution is -2.31. The van der Waals surface area contributed by atoms with Crippen LogP contribution in [0.2, 0.25) is 5.02 Å². The van der Waals surface area contributed by atoms with Gasteiger partial charge in [-0.25, -0.2) is 0 Å². The fourth-order valence-corrected chi connectivity index (χ4v) is 1.90. The fourth-order valence-electron chi connectivity index (χ4n) is 1.72. The lowest BCUT2D eigenvalue weighted by atomic mass is 10.1. The van der Waals surface area contributed by atoms with Crippen LogP contribution in [0.3, 0.4) is 0 Å². The number of carbonyl (C=O) groups excluding carboxylic acids is 1. The van der Waals surface area contributed by atoms with E-state index in [9.17, 15) is 18.0 Å². The Bertz CT molecular complexity index is 501. The molecule has 1 aliphatic rings. The molecule has 1 aromatic rings. The van der Waals surface area contributed by atoms with E-state index in [1.165, 1.54) is 12.1 Å². The second-order valence-electron chi connectivity index (χ2n) is 4.79. The van der Waals surface area contributed by atoms with Crippen LogP contribution in [0, 0.1) is 5.92 Å². The van der Waals surface area contributed by atoms with Crippen LogP contribution in [-0.2, 0) is 11.0 Å². The molecule has 0 aliphatic heterocycles. The van der Waals surface area contributed by atoms with Crippen LogP contribution in [0.5, 0.6) is 0 Å². The van der Waals surface area contributed by atoms with Gasteiger partial charge in [-0.2, -0.15) is 13.2 Å². The summed E-state index contributed by atoms with van der Waals surface area (Å²) < 4.78 is 38.4. The molecular formula is C13H14ClF3N2O. The number of rotatable bonds is 5. The number of hydrogen-bond donors (Lipinski definition) is 2.